The largest absolute Gasteiger partial charge is 0.316 e. The Labute approximate surface area is 428 Å². The Morgan fingerprint density at radius 3 is 1.97 bits per heavy atom. The van der Waals surface area contributed by atoms with E-state index in [1.165, 1.54) is 169 Å². The molecule has 2 nitrogen and oxygen atoms in total. The maximum Gasteiger partial charge on any atom is 0.0493 e. The van der Waals surface area contributed by atoms with Gasteiger partial charge in [0, 0.05) is 39.5 Å². The fourth-order valence-corrected chi connectivity index (χ4v) is 19.1. The van der Waals surface area contributed by atoms with E-state index in [0.29, 0.717) is 0 Å². The van der Waals surface area contributed by atoms with Gasteiger partial charge in [-0.2, -0.15) is 10.4 Å². The van der Waals surface area contributed by atoms with E-state index in [2.05, 4.69) is 232 Å². The molecular formula is C69H64N2Si-. The third-order valence-electron chi connectivity index (χ3n) is 17.2. The van der Waals surface area contributed by atoms with E-state index in [0.717, 1.165) is 6.42 Å². The van der Waals surface area contributed by atoms with Crippen LogP contribution in [0, 0.1) is 6.92 Å². The second-order valence-corrected chi connectivity index (χ2v) is 26.0. The molecule has 4 aliphatic rings. The van der Waals surface area contributed by atoms with Crippen molar-refractivity contribution in [1.29, 1.82) is 0 Å². The quantitative estimate of drug-likeness (QED) is 0.0684. The van der Waals surface area contributed by atoms with Crippen molar-refractivity contribution in [2.75, 3.05) is 9.80 Å². The molecule has 2 aliphatic carbocycles. The highest BCUT2D eigenvalue weighted by atomic mass is 28.3. The number of anilines is 6. The molecule has 2 heterocycles. The minimum Gasteiger partial charge on any atom is -0.316 e. The number of rotatable bonds is 12. The van der Waals surface area contributed by atoms with Crippen molar-refractivity contribution in [3.63, 3.8) is 0 Å². The van der Waals surface area contributed by atoms with E-state index in [-0.39, 0.29) is 5.41 Å². The fraction of sp³-hybridized carbons (Fsp3) is 0.217. The predicted molar refractivity (Wildman–Crippen MR) is 312 cm³/mol. The van der Waals surface area contributed by atoms with Gasteiger partial charge < -0.3 is 9.80 Å². The van der Waals surface area contributed by atoms with Crippen molar-refractivity contribution in [2.24, 2.45) is 0 Å². The highest BCUT2D eigenvalue weighted by Crippen LogP contribution is 2.54. The Kier molecular flexibility index (Phi) is 11.1. The Morgan fingerprint density at radius 1 is 0.542 bits per heavy atom. The number of unbranched alkanes of at least 4 members (excludes halogenated alkanes) is 4. The molecule has 0 unspecified atom stereocenters. The van der Waals surface area contributed by atoms with Gasteiger partial charge in [0.2, 0.25) is 0 Å². The first-order valence-electron chi connectivity index (χ1n) is 26.9. The molecule has 13 rings (SSSR count). The van der Waals surface area contributed by atoms with E-state index < -0.39 is 8.07 Å². The van der Waals surface area contributed by atoms with Crippen molar-refractivity contribution in [2.45, 2.75) is 96.6 Å². The van der Waals surface area contributed by atoms with Crippen LogP contribution in [0.3, 0.4) is 0 Å². The fourth-order valence-electron chi connectivity index (χ4n) is 13.6. The summed E-state index contributed by atoms with van der Waals surface area (Å²) >= 11 is 0. The summed E-state index contributed by atoms with van der Waals surface area (Å²) < 4.78 is 0. The van der Waals surface area contributed by atoms with Gasteiger partial charge in [-0.1, -0.05) is 213 Å². The van der Waals surface area contributed by atoms with Gasteiger partial charge in [-0.3, -0.25) is 0 Å². The minimum absolute atomic E-state index is 0.154. The minimum atomic E-state index is -1.79. The molecule has 1 spiro atoms. The molecule has 0 amide bonds. The van der Waals surface area contributed by atoms with Gasteiger partial charge in [-0.05, 0) is 146 Å². The van der Waals surface area contributed by atoms with Crippen LogP contribution >= 0.6 is 0 Å². The third kappa shape index (κ3) is 7.10. The predicted octanol–water partition coefficient (Wildman–Crippen LogP) is 18.4. The lowest BCUT2D eigenvalue weighted by Gasteiger charge is -2.51. The molecule has 1 fully saturated rings. The average Bonchev–Trinajstić information content (AvgIpc) is 4.09. The van der Waals surface area contributed by atoms with Crippen molar-refractivity contribution in [3.05, 3.63) is 215 Å². The van der Waals surface area contributed by atoms with E-state index in [4.69, 9.17) is 0 Å². The van der Waals surface area contributed by atoms with Crippen LogP contribution in [-0.2, 0) is 11.8 Å². The number of hydrogen-bond acceptors (Lipinski definition) is 2. The maximum absolute atomic E-state index is 2.58. The lowest BCUT2D eigenvalue weighted by atomic mass is 9.81. The molecule has 0 saturated carbocycles. The second kappa shape index (κ2) is 17.8. The van der Waals surface area contributed by atoms with Crippen molar-refractivity contribution < 1.29 is 0 Å². The van der Waals surface area contributed by atoms with Crippen LogP contribution in [0.25, 0.3) is 56.3 Å². The van der Waals surface area contributed by atoms with E-state index in [1.54, 1.807) is 10.4 Å². The third-order valence-corrected chi connectivity index (χ3v) is 22.6. The molecule has 3 heteroatoms. The molecule has 355 valence electrons. The molecule has 2 aliphatic heterocycles. The first-order valence-corrected chi connectivity index (χ1v) is 29.4. The molecule has 0 bridgehead atoms. The Bertz CT molecular complexity index is 3580. The molecule has 0 radical (unpaired) electrons. The van der Waals surface area contributed by atoms with E-state index >= 15 is 0 Å². The number of fused-ring (bicyclic) bond motifs is 10. The van der Waals surface area contributed by atoms with Crippen LogP contribution in [-0.4, -0.2) is 8.07 Å². The SMILES string of the molecule is CCCCCCCc1ccccc1N(c1ccc2c(c1)-c1cccc3c(/C=C/c4ccc5c(c4)C(C)(C)c4cc(N6c7ccccc7[Si-]7(CCCC7)c7ccccc76)ccc4-5)ccc-2c13)c1ccccc1C. The highest BCUT2D eigenvalue weighted by molar-refractivity contribution is 7.05. The van der Waals surface area contributed by atoms with Gasteiger partial charge in [0.15, 0.2) is 0 Å². The second-order valence-electron chi connectivity index (χ2n) is 21.7. The summed E-state index contributed by atoms with van der Waals surface area (Å²) in [4.78, 5) is 5.10. The number of aryl methyl sites for hydroxylation is 2. The van der Waals surface area contributed by atoms with Gasteiger partial charge in [0.05, 0.1) is 0 Å². The summed E-state index contributed by atoms with van der Waals surface area (Å²) in [6.45, 7) is 9.39. The Hall–Kier alpha value is -7.20. The molecule has 1 saturated heterocycles. The highest BCUT2D eigenvalue weighted by Gasteiger charge is 2.39. The Balaban J connectivity index is 0.816. The average molecular weight is 949 g/mol. The van der Waals surface area contributed by atoms with Crippen molar-refractivity contribution in [3.8, 4) is 33.4 Å². The van der Waals surface area contributed by atoms with Crippen LogP contribution in [0.2, 0.25) is 12.1 Å². The van der Waals surface area contributed by atoms with Gasteiger partial charge >= 0.3 is 0 Å². The van der Waals surface area contributed by atoms with Crippen LogP contribution in [0.5, 0.6) is 0 Å². The molecular weight excluding hydrogens is 885 g/mol. The number of nitrogens with zero attached hydrogens (tertiary/aromatic N) is 2. The van der Waals surface area contributed by atoms with Gasteiger partial charge in [-0.15, -0.1) is 12.1 Å². The molecule has 0 N–H and O–H groups in total. The summed E-state index contributed by atoms with van der Waals surface area (Å²) in [5, 5.41) is 5.90. The van der Waals surface area contributed by atoms with E-state index in [9.17, 15) is 0 Å². The van der Waals surface area contributed by atoms with Gasteiger partial charge in [0.25, 0.3) is 0 Å². The maximum atomic E-state index is 2.58. The van der Waals surface area contributed by atoms with Gasteiger partial charge in [0.1, 0.15) is 0 Å². The van der Waals surface area contributed by atoms with Crippen molar-refractivity contribution in [1.82, 2.24) is 0 Å². The van der Waals surface area contributed by atoms with E-state index in [1.807, 2.05) is 0 Å². The molecule has 72 heavy (non-hydrogen) atoms. The molecule has 0 atom stereocenters. The molecule has 0 aromatic heterocycles. The number of benzene rings is 9. The molecule has 9 aromatic rings. The summed E-state index contributed by atoms with van der Waals surface area (Å²) in [6, 6.07) is 72.6. The van der Waals surface area contributed by atoms with Gasteiger partial charge in [-0.25, -0.2) is 0 Å². The van der Waals surface area contributed by atoms with Crippen LogP contribution in [0.1, 0.15) is 99.1 Å². The number of hydrogen-bond donors (Lipinski definition) is 0. The first-order chi connectivity index (χ1) is 35.3. The smallest absolute Gasteiger partial charge is 0.0493 e. The lowest BCUT2D eigenvalue weighted by Crippen LogP contribution is -2.60. The van der Waals surface area contributed by atoms with Crippen LogP contribution < -0.4 is 20.2 Å². The summed E-state index contributed by atoms with van der Waals surface area (Å²) in [5.41, 5.74) is 23.5. The Morgan fingerprint density at radius 2 is 1.19 bits per heavy atom. The van der Waals surface area contributed by atoms with Crippen LogP contribution in [0.4, 0.5) is 34.1 Å². The zero-order valence-corrected chi connectivity index (χ0v) is 43.4. The molecule has 9 aromatic carbocycles. The zero-order chi connectivity index (χ0) is 48.6. The monoisotopic (exact) mass is 948 g/mol. The number of para-hydroxylation sites is 4. The van der Waals surface area contributed by atoms with Crippen LogP contribution in [0.15, 0.2) is 182 Å². The summed E-state index contributed by atoms with van der Waals surface area (Å²) in [5.74, 6) is 0. The van der Waals surface area contributed by atoms with Crippen molar-refractivity contribution >= 4 is 75.5 Å². The summed E-state index contributed by atoms with van der Waals surface area (Å²) in [7, 11) is -1.79. The standard InChI is InChI=1S/C69H64N2Si/c1-5-6-7-8-9-22-50-23-11-13-27-63(50)70(62-26-12-10-21-47(62)2)51-36-40-54-58-39-35-49(53-24-20-25-57(68(53)58)59(54)45-51)34-32-48-33-38-55-56-41-37-52(46-61(56)69(3,4)60(55)44-48)71-64-28-14-16-30-66(64)72(42-18-19-43-72)67-31-17-15-29-65(67)71/h10-17,20-21,23-41,44-46H,5-9,18-19,22,42-43H2,1-4H3/q-1/b34-32+. The lowest BCUT2D eigenvalue weighted by molar-refractivity contribution is 0.632. The topological polar surface area (TPSA) is 6.48 Å². The normalized spacial score (nSPS) is 15.2. The first kappa shape index (κ1) is 44.7. The summed E-state index contributed by atoms with van der Waals surface area (Å²) in [6.07, 6.45) is 14.8. The zero-order valence-electron chi connectivity index (χ0n) is 42.4.